The molecule has 0 saturated carbocycles. The predicted molar refractivity (Wildman–Crippen MR) is 59.0 cm³/mol. The zero-order chi connectivity index (χ0) is 10.2. The van der Waals surface area contributed by atoms with Gasteiger partial charge in [-0.2, -0.15) is 0 Å². The first-order valence-corrected chi connectivity index (χ1v) is 4.33. The average Bonchev–Trinajstić information content (AvgIpc) is 2.21. The van der Waals surface area contributed by atoms with Crippen LogP contribution in [0.1, 0.15) is 0 Å². The Bertz CT molecular complexity index is 313. The molecule has 15 heavy (non-hydrogen) atoms. The fourth-order valence-corrected chi connectivity index (χ4v) is 0.881. The van der Waals surface area contributed by atoms with Gasteiger partial charge in [-0.25, -0.2) is 0 Å². The summed E-state index contributed by atoms with van der Waals surface area (Å²) >= 11 is 0. The molecule has 0 saturated heterocycles. The van der Waals surface area contributed by atoms with Gasteiger partial charge in [0.15, 0.2) is 0 Å². The first-order chi connectivity index (χ1) is 6.79. The van der Waals surface area contributed by atoms with E-state index in [0.717, 1.165) is 5.69 Å². The van der Waals surface area contributed by atoms with Gasteiger partial charge in [0.1, 0.15) is 5.75 Å². The Morgan fingerprint density at radius 2 is 1.13 bits per heavy atom. The van der Waals surface area contributed by atoms with E-state index in [1.807, 2.05) is 36.4 Å². The van der Waals surface area contributed by atoms with Crippen LogP contribution in [0.3, 0.4) is 0 Å². The summed E-state index contributed by atoms with van der Waals surface area (Å²) in [7, 11) is 0. The number of nitrogens with two attached hydrogens (primary N) is 1. The molecule has 2 rings (SSSR count). The number of hydrogen-bond acceptors (Lipinski definition) is 2. The fraction of sp³-hybridized carbons (Fsp3) is 0. The molecular formula is C12H13NOZr. The van der Waals surface area contributed by atoms with Gasteiger partial charge in [-0.05, 0) is 24.3 Å². The molecule has 3 N–H and O–H groups in total. The first-order valence-electron chi connectivity index (χ1n) is 4.33. The van der Waals surface area contributed by atoms with Crippen molar-refractivity contribution in [2.45, 2.75) is 0 Å². The van der Waals surface area contributed by atoms with Crippen molar-refractivity contribution in [3.05, 3.63) is 60.7 Å². The van der Waals surface area contributed by atoms with Crippen LogP contribution < -0.4 is 5.73 Å². The van der Waals surface area contributed by atoms with Crippen molar-refractivity contribution >= 4 is 5.69 Å². The predicted octanol–water partition coefficient (Wildman–Crippen LogP) is 2.66. The van der Waals surface area contributed by atoms with Crippen LogP contribution in [0.2, 0.25) is 0 Å². The van der Waals surface area contributed by atoms with Crippen molar-refractivity contribution in [1.29, 1.82) is 0 Å². The zero-order valence-corrected chi connectivity index (χ0v) is 10.8. The Morgan fingerprint density at radius 3 is 1.33 bits per heavy atom. The van der Waals surface area contributed by atoms with Gasteiger partial charge >= 0.3 is 0 Å². The summed E-state index contributed by atoms with van der Waals surface area (Å²) in [5, 5.41) is 8.63. The average molecular weight is 278 g/mol. The Labute approximate surface area is 109 Å². The molecule has 0 aromatic heterocycles. The monoisotopic (exact) mass is 277 g/mol. The van der Waals surface area contributed by atoms with Gasteiger partial charge < -0.3 is 10.8 Å². The Kier molecular flexibility index (Phi) is 7.66. The van der Waals surface area contributed by atoms with Crippen molar-refractivity contribution in [1.82, 2.24) is 0 Å². The molecule has 2 aromatic rings. The van der Waals surface area contributed by atoms with E-state index in [1.165, 1.54) is 0 Å². The van der Waals surface area contributed by atoms with Crippen LogP contribution in [-0.4, -0.2) is 5.11 Å². The number of nitrogen functional groups attached to an aromatic ring is 1. The van der Waals surface area contributed by atoms with Crippen LogP contribution in [0.5, 0.6) is 5.75 Å². The normalized spacial score (nSPS) is 8.00. The molecule has 0 heterocycles. The maximum Gasteiger partial charge on any atom is 0.115 e. The largest absolute Gasteiger partial charge is 0.508 e. The van der Waals surface area contributed by atoms with Crippen molar-refractivity contribution < 1.29 is 31.3 Å². The number of benzene rings is 2. The summed E-state index contributed by atoms with van der Waals surface area (Å²) in [5.74, 6) is 0.322. The molecule has 0 bridgehead atoms. The quantitative estimate of drug-likeness (QED) is 0.728. The summed E-state index contributed by atoms with van der Waals surface area (Å²) in [6.45, 7) is 0. The maximum absolute atomic E-state index is 8.63. The summed E-state index contributed by atoms with van der Waals surface area (Å²) in [5.41, 5.74) is 6.18. The molecule has 0 unspecified atom stereocenters. The number of aromatic hydroxyl groups is 1. The second-order valence-corrected chi connectivity index (χ2v) is 2.75. The van der Waals surface area contributed by atoms with Gasteiger partial charge in [-0.1, -0.05) is 36.4 Å². The Morgan fingerprint density at radius 1 is 0.733 bits per heavy atom. The molecule has 0 atom stereocenters. The number of rotatable bonds is 0. The van der Waals surface area contributed by atoms with Crippen molar-refractivity contribution in [3.8, 4) is 5.75 Å². The van der Waals surface area contributed by atoms with E-state index in [9.17, 15) is 0 Å². The van der Waals surface area contributed by atoms with Crippen molar-refractivity contribution in [3.63, 3.8) is 0 Å². The molecule has 0 aliphatic carbocycles. The third kappa shape index (κ3) is 6.92. The van der Waals surface area contributed by atoms with Gasteiger partial charge in [0.05, 0.1) is 0 Å². The van der Waals surface area contributed by atoms with E-state index in [2.05, 4.69) is 0 Å². The number of anilines is 1. The smallest absolute Gasteiger partial charge is 0.115 e. The van der Waals surface area contributed by atoms with Gasteiger partial charge in [0.25, 0.3) is 0 Å². The summed E-state index contributed by atoms with van der Waals surface area (Å²) in [6, 6.07) is 18.2. The molecule has 3 heteroatoms. The molecular weight excluding hydrogens is 265 g/mol. The van der Waals surface area contributed by atoms with E-state index in [-0.39, 0.29) is 26.2 Å². The first kappa shape index (κ1) is 13.9. The Hall–Kier alpha value is -1.08. The van der Waals surface area contributed by atoms with Crippen LogP contribution in [0.4, 0.5) is 5.69 Å². The van der Waals surface area contributed by atoms with Gasteiger partial charge in [-0.3, -0.25) is 0 Å². The van der Waals surface area contributed by atoms with Crippen LogP contribution >= 0.6 is 0 Å². The number of phenols is 1. The number of phenolic OH excluding ortho intramolecular Hbond substituents is 1. The molecule has 0 spiro atoms. The molecule has 0 aliphatic rings. The van der Waals surface area contributed by atoms with Gasteiger partial charge in [0, 0.05) is 31.9 Å². The molecule has 0 fully saturated rings. The molecule has 0 aliphatic heterocycles. The summed E-state index contributed by atoms with van der Waals surface area (Å²) in [6.07, 6.45) is 0. The third-order valence-corrected chi connectivity index (χ3v) is 1.56. The minimum absolute atomic E-state index is 0. The minimum atomic E-state index is 0. The topological polar surface area (TPSA) is 46.2 Å². The van der Waals surface area contributed by atoms with Crippen LogP contribution in [0, 0.1) is 0 Å². The van der Waals surface area contributed by atoms with Crippen molar-refractivity contribution in [2.75, 3.05) is 5.73 Å². The molecule has 76 valence electrons. The van der Waals surface area contributed by atoms with Crippen LogP contribution in [-0.2, 0) is 26.2 Å². The van der Waals surface area contributed by atoms with Gasteiger partial charge in [-0.15, -0.1) is 0 Å². The maximum atomic E-state index is 8.63. The molecule has 2 nitrogen and oxygen atoms in total. The minimum Gasteiger partial charge on any atom is -0.508 e. The van der Waals surface area contributed by atoms with E-state index in [0.29, 0.717) is 5.75 Å². The number of hydrogen-bond donors (Lipinski definition) is 2. The van der Waals surface area contributed by atoms with Crippen molar-refractivity contribution in [2.24, 2.45) is 0 Å². The van der Waals surface area contributed by atoms with Crippen LogP contribution in [0.15, 0.2) is 60.7 Å². The van der Waals surface area contributed by atoms with E-state index < -0.39 is 0 Å². The third-order valence-electron chi connectivity index (χ3n) is 1.56. The van der Waals surface area contributed by atoms with E-state index in [1.54, 1.807) is 24.3 Å². The standard InChI is InChI=1S/C6H7N.C6H6O.Zr/c2*7-6-4-2-1-3-5-6;/h1-5H,7H2;1-5,7H;. The molecule has 0 radical (unpaired) electrons. The molecule has 2 aromatic carbocycles. The van der Waals surface area contributed by atoms with Gasteiger partial charge in [0.2, 0.25) is 0 Å². The molecule has 0 amide bonds. The van der Waals surface area contributed by atoms with Crippen LogP contribution in [0.25, 0.3) is 0 Å². The van der Waals surface area contributed by atoms with E-state index in [4.69, 9.17) is 10.8 Å². The zero-order valence-electron chi connectivity index (χ0n) is 8.30. The summed E-state index contributed by atoms with van der Waals surface area (Å²) in [4.78, 5) is 0. The second-order valence-electron chi connectivity index (χ2n) is 2.75. The number of para-hydroxylation sites is 2. The summed E-state index contributed by atoms with van der Waals surface area (Å²) < 4.78 is 0. The fourth-order valence-electron chi connectivity index (χ4n) is 0.881. The van der Waals surface area contributed by atoms with E-state index >= 15 is 0 Å². The second kappa shape index (κ2) is 8.25. The Balaban J connectivity index is 0.000000245. The SMILES string of the molecule is Nc1ccccc1.Oc1ccccc1.[Zr].